The van der Waals surface area contributed by atoms with Crippen molar-refractivity contribution >= 4 is 11.8 Å². The summed E-state index contributed by atoms with van der Waals surface area (Å²) in [6.45, 7) is 7.22. The first kappa shape index (κ1) is 20.7. The molecular weight excluding hydrogens is 390 g/mol. The second-order valence-electron chi connectivity index (χ2n) is 9.74. The van der Waals surface area contributed by atoms with Crippen molar-refractivity contribution in [1.82, 2.24) is 15.5 Å². The summed E-state index contributed by atoms with van der Waals surface area (Å²) in [5, 5.41) is 6.63. The van der Waals surface area contributed by atoms with Crippen molar-refractivity contribution < 1.29 is 14.3 Å². The first-order valence-corrected chi connectivity index (χ1v) is 11.8. The normalized spacial score (nSPS) is 29.0. The van der Waals surface area contributed by atoms with Gasteiger partial charge < -0.3 is 20.3 Å². The van der Waals surface area contributed by atoms with Crippen LogP contribution in [0.15, 0.2) is 30.5 Å². The minimum absolute atomic E-state index is 0.0193. The third-order valence-corrected chi connectivity index (χ3v) is 7.48. The van der Waals surface area contributed by atoms with Crippen molar-refractivity contribution in [1.29, 1.82) is 0 Å². The maximum atomic E-state index is 13.0. The molecule has 3 fully saturated rings. The molecule has 1 aliphatic carbocycles. The molecule has 1 aromatic carbocycles. The average Bonchev–Trinajstić information content (AvgIpc) is 3.04. The fourth-order valence-electron chi connectivity index (χ4n) is 5.58. The Kier molecular flexibility index (Phi) is 5.85. The number of carbonyl (C=O) groups excluding carboxylic acids is 2. The van der Waals surface area contributed by atoms with Crippen LogP contribution in [0.5, 0.6) is 0 Å². The summed E-state index contributed by atoms with van der Waals surface area (Å²) in [5.41, 5.74) is 3.87. The number of piperidine rings is 1. The zero-order valence-corrected chi connectivity index (χ0v) is 18.2. The van der Waals surface area contributed by atoms with Crippen LogP contribution in [0, 0.1) is 11.8 Å². The van der Waals surface area contributed by atoms with Gasteiger partial charge in [0.1, 0.15) is 6.04 Å². The molecular formula is C25H33N3O3. The van der Waals surface area contributed by atoms with Gasteiger partial charge in [-0.2, -0.15) is 0 Å². The van der Waals surface area contributed by atoms with E-state index in [1.807, 2.05) is 6.07 Å². The smallest absolute Gasteiger partial charge is 0.255 e. The van der Waals surface area contributed by atoms with Crippen LogP contribution < -0.4 is 10.6 Å². The number of rotatable bonds is 6. The minimum atomic E-state index is -0.392. The van der Waals surface area contributed by atoms with Crippen molar-refractivity contribution in [3.63, 3.8) is 0 Å². The summed E-state index contributed by atoms with van der Waals surface area (Å²) in [6, 6.07) is 6.48. The molecule has 2 N–H and O–H groups in total. The van der Waals surface area contributed by atoms with Gasteiger partial charge in [0.05, 0.1) is 13.2 Å². The molecule has 0 radical (unpaired) electrons. The van der Waals surface area contributed by atoms with Crippen molar-refractivity contribution in [2.45, 2.75) is 63.6 Å². The van der Waals surface area contributed by atoms with Gasteiger partial charge in [-0.1, -0.05) is 31.6 Å². The summed E-state index contributed by atoms with van der Waals surface area (Å²) in [4.78, 5) is 27.1. The van der Waals surface area contributed by atoms with Gasteiger partial charge in [0.2, 0.25) is 5.91 Å². The van der Waals surface area contributed by atoms with Gasteiger partial charge in [-0.25, -0.2) is 0 Å². The van der Waals surface area contributed by atoms with E-state index in [2.05, 4.69) is 29.3 Å². The Balaban J connectivity index is 1.25. The van der Waals surface area contributed by atoms with Crippen LogP contribution >= 0.6 is 0 Å². The van der Waals surface area contributed by atoms with Crippen LogP contribution in [-0.2, 0) is 22.5 Å². The van der Waals surface area contributed by atoms with Crippen LogP contribution in [0.4, 0.5) is 0 Å². The topological polar surface area (TPSA) is 70.7 Å². The first-order valence-electron chi connectivity index (χ1n) is 11.8. The predicted octanol–water partition coefficient (Wildman–Crippen LogP) is 2.77. The van der Waals surface area contributed by atoms with Crippen molar-refractivity contribution in [2.24, 2.45) is 11.8 Å². The summed E-state index contributed by atoms with van der Waals surface area (Å²) in [7, 11) is 0. The van der Waals surface area contributed by atoms with E-state index in [0.717, 1.165) is 49.4 Å². The molecule has 0 spiro atoms. The second kappa shape index (κ2) is 8.75. The molecule has 0 aromatic heterocycles. The van der Waals surface area contributed by atoms with E-state index in [4.69, 9.17) is 4.74 Å². The number of hydrogen-bond donors (Lipinski definition) is 2. The fraction of sp³-hybridized carbons (Fsp3) is 0.600. The highest BCUT2D eigenvalue weighted by molar-refractivity contribution is 6.01. The van der Waals surface area contributed by atoms with Crippen LogP contribution in [-0.4, -0.2) is 48.6 Å². The average molecular weight is 424 g/mol. The minimum Gasteiger partial charge on any atom is -0.381 e. The standard InChI is InChI=1S/C25H33N3O3/c1-16-6-9-23(24(29)27-16)28-13-20-11-17(7-8-21(20)25(28)30)10-19-4-2-3-5-22(19)26-12-18-14-31-15-18/h7-8,11,18-19,22-23,26H,1-6,9-10,12-15H2,(H,27,29)/t19-,22+,23?/m1/s1. The first-order chi connectivity index (χ1) is 15.1. The quantitative estimate of drug-likeness (QED) is 0.738. The summed E-state index contributed by atoms with van der Waals surface area (Å²) >= 11 is 0. The second-order valence-corrected chi connectivity index (χ2v) is 9.74. The van der Waals surface area contributed by atoms with Gasteiger partial charge in [-0.05, 0) is 55.2 Å². The van der Waals surface area contributed by atoms with E-state index in [1.165, 1.54) is 31.2 Å². The summed E-state index contributed by atoms with van der Waals surface area (Å²) in [6.07, 6.45) is 7.53. The molecule has 6 nitrogen and oxygen atoms in total. The number of nitrogens with one attached hydrogen (secondary N) is 2. The molecule has 1 aromatic rings. The SMILES string of the molecule is C=C1CCC(N2Cc3cc(C[C@H]4CCCC[C@@H]4NCC4COC4)ccc3C2=O)C(=O)N1. The molecule has 2 saturated heterocycles. The lowest BCUT2D eigenvalue weighted by Crippen LogP contribution is -2.49. The highest BCUT2D eigenvalue weighted by Gasteiger charge is 2.38. The van der Waals surface area contributed by atoms with Gasteiger partial charge in [0.25, 0.3) is 5.91 Å². The Morgan fingerprint density at radius 2 is 2.00 bits per heavy atom. The van der Waals surface area contributed by atoms with Gasteiger partial charge in [-0.15, -0.1) is 0 Å². The van der Waals surface area contributed by atoms with Crippen LogP contribution in [0.2, 0.25) is 0 Å². The Labute approximate surface area is 184 Å². The third kappa shape index (κ3) is 4.28. The molecule has 2 amide bonds. The maximum Gasteiger partial charge on any atom is 0.255 e. The lowest BCUT2D eigenvalue weighted by Gasteiger charge is -2.35. The highest BCUT2D eigenvalue weighted by atomic mass is 16.5. The van der Waals surface area contributed by atoms with Gasteiger partial charge in [0.15, 0.2) is 0 Å². The molecule has 31 heavy (non-hydrogen) atoms. The van der Waals surface area contributed by atoms with Gasteiger partial charge >= 0.3 is 0 Å². The number of ether oxygens (including phenoxy) is 1. The van der Waals surface area contributed by atoms with E-state index in [1.54, 1.807) is 4.90 Å². The number of allylic oxidation sites excluding steroid dienone is 1. The molecule has 4 aliphatic rings. The monoisotopic (exact) mass is 423 g/mol. The maximum absolute atomic E-state index is 13.0. The number of benzene rings is 1. The van der Waals surface area contributed by atoms with Crippen molar-refractivity contribution in [3.05, 3.63) is 47.2 Å². The molecule has 166 valence electrons. The highest BCUT2D eigenvalue weighted by Crippen LogP contribution is 2.32. The van der Waals surface area contributed by atoms with Gasteiger partial charge in [-0.3, -0.25) is 9.59 Å². The van der Waals surface area contributed by atoms with Crippen LogP contribution in [0.3, 0.4) is 0 Å². The lowest BCUT2D eigenvalue weighted by atomic mass is 9.80. The lowest BCUT2D eigenvalue weighted by molar-refractivity contribution is -0.126. The Hall–Kier alpha value is -2.18. The van der Waals surface area contributed by atoms with Gasteiger partial charge in [0, 0.05) is 36.3 Å². The summed E-state index contributed by atoms with van der Waals surface area (Å²) in [5.74, 6) is 1.18. The molecule has 0 bridgehead atoms. The van der Waals surface area contributed by atoms with Crippen molar-refractivity contribution in [2.75, 3.05) is 19.8 Å². The van der Waals surface area contributed by atoms with Crippen LogP contribution in [0.1, 0.15) is 60.0 Å². The van der Waals surface area contributed by atoms with E-state index >= 15 is 0 Å². The zero-order valence-electron chi connectivity index (χ0n) is 18.2. The third-order valence-electron chi connectivity index (χ3n) is 7.48. The van der Waals surface area contributed by atoms with E-state index in [0.29, 0.717) is 30.8 Å². The fourth-order valence-corrected chi connectivity index (χ4v) is 5.58. The zero-order chi connectivity index (χ0) is 21.4. The summed E-state index contributed by atoms with van der Waals surface area (Å²) < 4.78 is 5.31. The Bertz CT molecular complexity index is 879. The number of nitrogens with zero attached hydrogens (tertiary/aromatic N) is 1. The van der Waals surface area contributed by atoms with E-state index in [9.17, 15) is 9.59 Å². The number of amides is 2. The molecule has 5 rings (SSSR count). The van der Waals surface area contributed by atoms with Crippen LogP contribution in [0.25, 0.3) is 0 Å². The van der Waals surface area contributed by atoms with Crippen molar-refractivity contribution in [3.8, 4) is 0 Å². The molecule has 6 heteroatoms. The molecule has 3 atom stereocenters. The number of carbonyl (C=O) groups is 2. The predicted molar refractivity (Wildman–Crippen MR) is 118 cm³/mol. The van der Waals surface area contributed by atoms with E-state index in [-0.39, 0.29) is 11.8 Å². The molecule has 3 aliphatic heterocycles. The number of fused-ring (bicyclic) bond motifs is 1. The Morgan fingerprint density at radius 3 is 2.77 bits per heavy atom. The Morgan fingerprint density at radius 1 is 1.16 bits per heavy atom. The molecule has 1 unspecified atom stereocenters. The largest absolute Gasteiger partial charge is 0.381 e. The number of hydrogen-bond acceptors (Lipinski definition) is 4. The molecule has 3 heterocycles. The molecule has 1 saturated carbocycles. The van der Waals surface area contributed by atoms with E-state index < -0.39 is 6.04 Å².